The van der Waals surface area contributed by atoms with Crippen molar-refractivity contribution in [1.29, 1.82) is 0 Å². The summed E-state index contributed by atoms with van der Waals surface area (Å²) in [4.78, 5) is 11.4. The molecule has 4 heteroatoms. The SMILES string of the molecule is CC(C)c1nccc(N2CCCC(OCC3CC3)C2)n1. The molecule has 2 aliphatic rings. The quantitative estimate of drug-likeness (QED) is 0.828. The molecule has 1 saturated heterocycles. The maximum atomic E-state index is 6.05. The molecule has 1 saturated carbocycles. The van der Waals surface area contributed by atoms with Crippen molar-refractivity contribution in [3.63, 3.8) is 0 Å². The van der Waals surface area contributed by atoms with Crippen molar-refractivity contribution in [2.45, 2.75) is 51.6 Å². The van der Waals surface area contributed by atoms with Crippen LogP contribution in [0.4, 0.5) is 5.82 Å². The van der Waals surface area contributed by atoms with E-state index in [1.54, 1.807) is 0 Å². The lowest BCUT2D eigenvalue weighted by atomic mass is 10.1. The van der Waals surface area contributed by atoms with Gasteiger partial charge in [0.15, 0.2) is 0 Å². The molecule has 0 bridgehead atoms. The van der Waals surface area contributed by atoms with Crippen molar-refractivity contribution < 1.29 is 4.74 Å². The van der Waals surface area contributed by atoms with E-state index in [0.29, 0.717) is 12.0 Å². The van der Waals surface area contributed by atoms with E-state index < -0.39 is 0 Å². The van der Waals surface area contributed by atoms with Crippen molar-refractivity contribution in [2.24, 2.45) is 5.92 Å². The maximum Gasteiger partial charge on any atom is 0.133 e. The Morgan fingerprint density at radius 2 is 2.20 bits per heavy atom. The van der Waals surface area contributed by atoms with Crippen LogP contribution in [0.15, 0.2) is 12.3 Å². The summed E-state index contributed by atoms with van der Waals surface area (Å²) in [5.74, 6) is 3.21. The number of rotatable bonds is 5. The molecule has 0 radical (unpaired) electrons. The summed E-state index contributed by atoms with van der Waals surface area (Å²) in [6, 6.07) is 2.02. The zero-order chi connectivity index (χ0) is 13.9. The van der Waals surface area contributed by atoms with Crippen molar-refractivity contribution in [3.8, 4) is 0 Å². The number of anilines is 1. The molecule has 0 spiro atoms. The molecular formula is C16H25N3O. The van der Waals surface area contributed by atoms with E-state index in [2.05, 4.69) is 23.7 Å². The van der Waals surface area contributed by atoms with Gasteiger partial charge >= 0.3 is 0 Å². The van der Waals surface area contributed by atoms with Crippen LogP contribution in [0.1, 0.15) is 51.3 Å². The van der Waals surface area contributed by atoms with Crippen LogP contribution in [0.2, 0.25) is 0 Å². The number of ether oxygens (including phenoxy) is 1. The lowest BCUT2D eigenvalue weighted by Crippen LogP contribution is -2.40. The minimum Gasteiger partial charge on any atom is -0.376 e. The summed E-state index contributed by atoms with van der Waals surface area (Å²) < 4.78 is 6.05. The van der Waals surface area contributed by atoms with Gasteiger partial charge in [-0.1, -0.05) is 13.8 Å². The summed E-state index contributed by atoms with van der Waals surface area (Å²) in [6.07, 6.45) is 7.36. The Balaban J connectivity index is 1.61. The van der Waals surface area contributed by atoms with Crippen molar-refractivity contribution in [1.82, 2.24) is 9.97 Å². The van der Waals surface area contributed by atoms with Gasteiger partial charge in [-0.2, -0.15) is 0 Å². The minimum atomic E-state index is 0.377. The molecule has 0 aromatic carbocycles. The van der Waals surface area contributed by atoms with Crippen LogP contribution in [-0.4, -0.2) is 35.8 Å². The van der Waals surface area contributed by atoms with Crippen LogP contribution >= 0.6 is 0 Å². The van der Waals surface area contributed by atoms with Gasteiger partial charge in [0.05, 0.1) is 6.10 Å². The molecule has 20 heavy (non-hydrogen) atoms. The lowest BCUT2D eigenvalue weighted by molar-refractivity contribution is 0.0367. The van der Waals surface area contributed by atoms with Gasteiger partial charge in [0.1, 0.15) is 11.6 Å². The molecule has 2 fully saturated rings. The number of hydrogen-bond acceptors (Lipinski definition) is 4. The highest BCUT2D eigenvalue weighted by Gasteiger charge is 2.26. The molecule has 1 aliphatic carbocycles. The fourth-order valence-electron chi connectivity index (χ4n) is 2.66. The summed E-state index contributed by atoms with van der Waals surface area (Å²) >= 11 is 0. The minimum absolute atomic E-state index is 0.377. The topological polar surface area (TPSA) is 38.2 Å². The van der Waals surface area contributed by atoms with Gasteiger partial charge in [-0.05, 0) is 37.7 Å². The highest BCUT2D eigenvalue weighted by atomic mass is 16.5. The van der Waals surface area contributed by atoms with Crippen LogP contribution in [0.3, 0.4) is 0 Å². The highest BCUT2D eigenvalue weighted by Crippen LogP contribution is 2.30. The fourth-order valence-corrected chi connectivity index (χ4v) is 2.66. The van der Waals surface area contributed by atoms with E-state index >= 15 is 0 Å². The molecule has 1 atom stereocenters. The van der Waals surface area contributed by atoms with Gasteiger partial charge in [0, 0.05) is 31.8 Å². The van der Waals surface area contributed by atoms with Gasteiger partial charge < -0.3 is 9.64 Å². The third kappa shape index (κ3) is 3.48. The molecule has 1 unspecified atom stereocenters. The second kappa shape index (κ2) is 6.08. The largest absolute Gasteiger partial charge is 0.376 e. The monoisotopic (exact) mass is 275 g/mol. The molecule has 4 nitrogen and oxygen atoms in total. The Hall–Kier alpha value is -1.16. The molecule has 1 aromatic heterocycles. The van der Waals surface area contributed by atoms with Crippen LogP contribution in [0.25, 0.3) is 0 Å². The Kier molecular flexibility index (Phi) is 4.20. The van der Waals surface area contributed by atoms with Crippen LogP contribution < -0.4 is 4.90 Å². The first-order valence-electron chi connectivity index (χ1n) is 7.92. The Morgan fingerprint density at radius 1 is 1.35 bits per heavy atom. The standard InChI is InChI=1S/C16H25N3O/c1-12(2)16-17-8-7-15(18-16)19-9-3-4-14(10-19)20-11-13-5-6-13/h7-8,12-14H,3-6,9-11H2,1-2H3. The van der Waals surface area contributed by atoms with Crippen LogP contribution in [-0.2, 0) is 4.74 Å². The van der Waals surface area contributed by atoms with Gasteiger partial charge in [-0.15, -0.1) is 0 Å². The maximum absolute atomic E-state index is 6.05. The Labute approximate surface area is 121 Å². The van der Waals surface area contributed by atoms with Crippen LogP contribution in [0.5, 0.6) is 0 Å². The summed E-state index contributed by atoms with van der Waals surface area (Å²) in [6.45, 7) is 7.28. The predicted octanol–water partition coefficient (Wildman–Crippen LogP) is 3.00. The van der Waals surface area contributed by atoms with Gasteiger partial charge in [-0.3, -0.25) is 0 Å². The molecule has 1 aliphatic heterocycles. The first-order chi connectivity index (χ1) is 9.72. The third-order valence-corrected chi connectivity index (χ3v) is 4.14. The number of hydrogen-bond donors (Lipinski definition) is 0. The Bertz CT molecular complexity index is 445. The predicted molar refractivity (Wildman–Crippen MR) is 80.0 cm³/mol. The lowest BCUT2D eigenvalue weighted by Gasteiger charge is -2.33. The molecule has 3 rings (SSSR count). The average molecular weight is 275 g/mol. The van der Waals surface area contributed by atoms with Crippen molar-refractivity contribution in [2.75, 3.05) is 24.6 Å². The van der Waals surface area contributed by atoms with Crippen molar-refractivity contribution >= 4 is 5.82 Å². The zero-order valence-electron chi connectivity index (χ0n) is 12.6. The zero-order valence-corrected chi connectivity index (χ0v) is 12.6. The van der Waals surface area contributed by atoms with Gasteiger partial charge in [-0.25, -0.2) is 9.97 Å². The Morgan fingerprint density at radius 3 is 2.95 bits per heavy atom. The van der Waals surface area contributed by atoms with E-state index in [9.17, 15) is 0 Å². The smallest absolute Gasteiger partial charge is 0.133 e. The molecule has 110 valence electrons. The number of piperidine rings is 1. The van der Waals surface area contributed by atoms with E-state index in [1.165, 1.54) is 25.7 Å². The molecular weight excluding hydrogens is 250 g/mol. The van der Waals surface area contributed by atoms with Gasteiger partial charge in [0.25, 0.3) is 0 Å². The third-order valence-electron chi connectivity index (χ3n) is 4.14. The second-order valence-electron chi connectivity index (χ2n) is 6.41. The summed E-state index contributed by atoms with van der Waals surface area (Å²) in [7, 11) is 0. The fraction of sp³-hybridized carbons (Fsp3) is 0.750. The molecule has 2 heterocycles. The molecule has 0 N–H and O–H groups in total. The van der Waals surface area contributed by atoms with E-state index in [1.807, 2.05) is 12.3 Å². The normalized spacial score (nSPS) is 23.4. The van der Waals surface area contributed by atoms with E-state index in [-0.39, 0.29) is 0 Å². The van der Waals surface area contributed by atoms with E-state index in [4.69, 9.17) is 9.72 Å². The first-order valence-corrected chi connectivity index (χ1v) is 7.92. The summed E-state index contributed by atoms with van der Waals surface area (Å²) in [5.41, 5.74) is 0. The first kappa shape index (κ1) is 13.8. The molecule has 0 amide bonds. The summed E-state index contributed by atoms with van der Waals surface area (Å²) in [5, 5.41) is 0. The molecule has 1 aromatic rings. The highest BCUT2D eigenvalue weighted by molar-refractivity contribution is 5.38. The second-order valence-corrected chi connectivity index (χ2v) is 6.41. The number of aromatic nitrogens is 2. The van der Waals surface area contributed by atoms with Crippen LogP contribution in [0, 0.1) is 5.92 Å². The number of nitrogens with zero attached hydrogens (tertiary/aromatic N) is 3. The average Bonchev–Trinajstić information content (AvgIpc) is 3.30. The van der Waals surface area contributed by atoms with Crippen molar-refractivity contribution in [3.05, 3.63) is 18.1 Å². The van der Waals surface area contributed by atoms with Gasteiger partial charge in [0.2, 0.25) is 0 Å². The van der Waals surface area contributed by atoms with E-state index in [0.717, 1.165) is 37.3 Å².